The number of nitrogens with one attached hydrogen (secondary N) is 1. The molecule has 0 spiro atoms. The van der Waals surface area contributed by atoms with Crippen molar-refractivity contribution in [2.24, 2.45) is 20.5 Å². The van der Waals surface area contributed by atoms with Crippen molar-refractivity contribution in [3.63, 3.8) is 0 Å². The summed E-state index contributed by atoms with van der Waals surface area (Å²) in [6, 6.07) is 16.6. The smallest absolute Gasteiger partial charge is 0.385 e. The van der Waals surface area contributed by atoms with E-state index in [2.05, 4.69) is 121 Å². The minimum atomic E-state index is 0. The standard InChI is InChI=1S/C31H42N9.2CH4/c1-5-37-22-23-38(6-2)30(37)35-33-28-15-13-26(14-16-28)12-10-9-11-21-32-27-17-19-29(20-18-27)34-36-31-39(7-3)24-25-40(31)8-4;;/h13-20,22-25H,5-12,21H2,1-4H3;2*1H4/q+1;;/p+1. The van der Waals surface area contributed by atoms with Crippen LogP contribution >= 0.6 is 0 Å². The van der Waals surface area contributed by atoms with E-state index in [9.17, 15) is 0 Å². The Kier molecular flexibility index (Phi) is 14.3. The van der Waals surface area contributed by atoms with Gasteiger partial charge in [-0.2, -0.15) is 0 Å². The van der Waals surface area contributed by atoms with Crippen LogP contribution in [0.2, 0.25) is 0 Å². The summed E-state index contributed by atoms with van der Waals surface area (Å²) >= 11 is 0. The molecule has 9 nitrogen and oxygen atoms in total. The van der Waals surface area contributed by atoms with Gasteiger partial charge < -0.3 is 5.32 Å². The first-order valence-electron chi connectivity index (χ1n) is 14.6. The number of imidazole rings is 2. The normalized spacial score (nSPS) is 11.1. The molecule has 2 heterocycles. The highest BCUT2D eigenvalue weighted by atomic mass is 15.3. The maximum atomic E-state index is 4.50. The molecule has 4 aromatic rings. The first kappa shape index (κ1) is 34.1. The molecule has 0 aliphatic carbocycles. The van der Waals surface area contributed by atoms with Gasteiger partial charge in [0.1, 0.15) is 11.4 Å². The molecule has 2 aromatic carbocycles. The Balaban J connectivity index is 0.00000308. The third-order valence-electron chi connectivity index (χ3n) is 7.03. The highest BCUT2D eigenvalue weighted by Crippen LogP contribution is 2.20. The second-order valence-corrected chi connectivity index (χ2v) is 9.69. The highest BCUT2D eigenvalue weighted by molar-refractivity contribution is 5.50. The monoisotopic (exact) mass is 573 g/mol. The molecule has 0 saturated carbocycles. The van der Waals surface area contributed by atoms with Crippen LogP contribution in [0.4, 0.5) is 29.0 Å². The Morgan fingerprint density at radius 2 is 1.12 bits per heavy atom. The van der Waals surface area contributed by atoms with Gasteiger partial charge in [0.05, 0.1) is 51.0 Å². The number of anilines is 1. The predicted molar refractivity (Wildman–Crippen MR) is 173 cm³/mol. The quantitative estimate of drug-likeness (QED) is 0.0860. The maximum Gasteiger partial charge on any atom is 0.421 e. The van der Waals surface area contributed by atoms with Crippen LogP contribution in [0.25, 0.3) is 0 Å². The van der Waals surface area contributed by atoms with Crippen LogP contribution in [-0.4, -0.2) is 15.7 Å². The van der Waals surface area contributed by atoms with Crippen LogP contribution in [0, 0.1) is 0 Å². The number of aryl methyl sites for hydroxylation is 5. The second-order valence-electron chi connectivity index (χ2n) is 9.69. The fraction of sp³-hybridized carbons (Fsp3) is 0.455. The van der Waals surface area contributed by atoms with Gasteiger partial charge in [-0.15, -0.1) is 0 Å². The molecule has 0 fully saturated rings. The lowest BCUT2D eigenvalue weighted by Crippen LogP contribution is -2.30. The van der Waals surface area contributed by atoms with Crippen molar-refractivity contribution < 1.29 is 9.13 Å². The summed E-state index contributed by atoms with van der Waals surface area (Å²) < 4.78 is 8.40. The van der Waals surface area contributed by atoms with Crippen molar-refractivity contribution in [3.05, 3.63) is 78.9 Å². The molecule has 4 rings (SSSR count). The molecule has 0 aliphatic heterocycles. The van der Waals surface area contributed by atoms with E-state index in [0.717, 1.165) is 74.5 Å². The number of nitrogens with zero attached hydrogens (tertiary/aromatic N) is 8. The molecule has 0 aliphatic rings. The third-order valence-corrected chi connectivity index (χ3v) is 7.03. The van der Waals surface area contributed by atoms with Gasteiger partial charge in [-0.05, 0) is 88.9 Å². The molecule has 42 heavy (non-hydrogen) atoms. The number of hydrogen-bond acceptors (Lipinski definition) is 5. The zero-order valence-electron chi connectivity index (χ0n) is 24.4. The van der Waals surface area contributed by atoms with Gasteiger partial charge >= 0.3 is 11.9 Å². The number of benzene rings is 2. The lowest BCUT2D eigenvalue weighted by molar-refractivity contribution is -0.680. The second kappa shape index (κ2) is 17.6. The molecule has 9 heteroatoms. The average Bonchev–Trinajstić information content (AvgIpc) is 3.60. The lowest BCUT2D eigenvalue weighted by Gasteiger charge is -2.06. The Bertz CT molecular complexity index is 1230. The third kappa shape index (κ3) is 9.19. The van der Waals surface area contributed by atoms with Crippen molar-refractivity contribution >= 4 is 29.0 Å². The summed E-state index contributed by atoms with van der Waals surface area (Å²) in [6.45, 7) is 12.9. The topological polar surface area (TPSA) is 79.1 Å². The summed E-state index contributed by atoms with van der Waals surface area (Å²) in [6.07, 6.45) is 12.7. The van der Waals surface area contributed by atoms with E-state index in [4.69, 9.17) is 0 Å². The molecule has 226 valence electrons. The summed E-state index contributed by atoms with van der Waals surface area (Å²) in [4.78, 5) is 0. The van der Waals surface area contributed by atoms with E-state index in [0.29, 0.717) is 0 Å². The van der Waals surface area contributed by atoms with Gasteiger partial charge in [0.25, 0.3) is 0 Å². The fourth-order valence-electron chi connectivity index (χ4n) is 4.58. The van der Waals surface area contributed by atoms with Crippen molar-refractivity contribution in [1.82, 2.24) is 9.13 Å². The zero-order valence-corrected chi connectivity index (χ0v) is 24.4. The molecular weight excluding hydrogens is 522 g/mol. The molecule has 0 radical (unpaired) electrons. The van der Waals surface area contributed by atoms with Crippen molar-refractivity contribution in [1.29, 1.82) is 0 Å². The number of hydrogen-bond donors (Lipinski definition) is 1. The van der Waals surface area contributed by atoms with E-state index < -0.39 is 0 Å². The molecule has 0 bridgehead atoms. The van der Waals surface area contributed by atoms with Crippen LogP contribution in [0.15, 0.2) is 93.8 Å². The van der Waals surface area contributed by atoms with Gasteiger partial charge in [0, 0.05) is 22.5 Å². The van der Waals surface area contributed by atoms with Crippen LogP contribution in [0.5, 0.6) is 0 Å². The summed E-state index contributed by atoms with van der Waals surface area (Å²) in [7, 11) is 0. The molecule has 1 N–H and O–H groups in total. The summed E-state index contributed by atoms with van der Waals surface area (Å²) in [5.74, 6) is 1.75. The lowest BCUT2D eigenvalue weighted by atomic mass is 10.1. The minimum Gasteiger partial charge on any atom is -0.385 e. The first-order chi connectivity index (χ1) is 19.6. The first-order valence-corrected chi connectivity index (χ1v) is 14.6. The molecular formula is C33H51N9+2. The summed E-state index contributed by atoms with van der Waals surface area (Å²) in [5, 5.41) is 21.4. The van der Waals surface area contributed by atoms with Gasteiger partial charge in [0.15, 0.2) is 0 Å². The van der Waals surface area contributed by atoms with Crippen LogP contribution in [0.1, 0.15) is 67.4 Å². The largest absolute Gasteiger partial charge is 0.421 e. The van der Waals surface area contributed by atoms with Crippen molar-refractivity contribution in [2.75, 3.05) is 11.9 Å². The number of aromatic nitrogens is 4. The van der Waals surface area contributed by atoms with Crippen LogP contribution in [-0.2, 0) is 32.6 Å². The van der Waals surface area contributed by atoms with E-state index >= 15 is 0 Å². The molecule has 0 saturated heterocycles. The van der Waals surface area contributed by atoms with Crippen molar-refractivity contribution in [3.8, 4) is 0 Å². The van der Waals surface area contributed by atoms with Gasteiger partial charge in [-0.25, -0.2) is 18.3 Å². The predicted octanol–water partition coefficient (Wildman–Crippen LogP) is 8.87. The Hall–Kier alpha value is -4.14. The fourth-order valence-corrected chi connectivity index (χ4v) is 4.58. The Morgan fingerprint density at radius 1 is 0.619 bits per heavy atom. The number of unbranched alkanes of at least 4 members (excludes halogenated alkanes) is 2. The Morgan fingerprint density at radius 3 is 1.60 bits per heavy atom. The zero-order chi connectivity index (χ0) is 28.2. The maximum absolute atomic E-state index is 4.50. The minimum absolute atomic E-state index is 0. The van der Waals surface area contributed by atoms with E-state index in [1.807, 2.05) is 24.5 Å². The molecule has 0 atom stereocenters. The molecule has 0 unspecified atom stereocenters. The summed E-state index contributed by atoms with van der Waals surface area (Å²) in [5.41, 5.74) is 4.18. The van der Waals surface area contributed by atoms with Crippen molar-refractivity contribution in [2.45, 2.75) is 94.4 Å². The van der Waals surface area contributed by atoms with E-state index in [1.165, 1.54) is 18.4 Å². The van der Waals surface area contributed by atoms with Gasteiger partial charge in [-0.1, -0.05) is 43.6 Å². The van der Waals surface area contributed by atoms with Crippen LogP contribution < -0.4 is 14.5 Å². The van der Waals surface area contributed by atoms with Crippen LogP contribution in [0.3, 0.4) is 0 Å². The van der Waals surface area contributed by atoms with E-state index in [1.54, 1.807) is 0 Å². The number of azo groups is 2. The highest BCUT2D eigenvalue weighted by Gasteiger charge is 2.15. The van der Waals surface area contributed by atoms with E-state index in [-0.39, 0.29) is 14.9 Å². The van der Waals surface area contributed by atoms with Gasteiger partial charge in [-0.3, -0.25) is 0 Å². The van der Waals surface area contributed by atoms with Gasteiger partial charge in [0.2, 0.25) is 0 Å². The molecule has 2 aromatic heterocycles. The molecule has 0 amide bonds. The SMILES string of the molecule is C.C.CCn1cc[n+](CC)c1N=Nc1ccc(CCCCCNc2ccc(N=Nc3n(CC)cc[n+]3CC)cc2)cc1. The Labute approximate surface area is 252 Å². The number of rotatable bonds is 15. The average molecular weight is 574 g/mol.